The normalized spacial score (nSPS) is 14.1. The predicted octanol–water partition coefficient (Wildman–Crippen LogP) is 4.04. The number of rotatable bonds is 2. The Labute approximate surface area is 106 Å². The van der Waals surface area contributed by atoms with E-state index < -0.39 is 5.60 Å². The summed E-state index contributed by atoms with van der Waals surface area (Å²) < 4.78 is 0. The second-order valence-corrected chi connectivity index (χ2v) is 4.64. The molecule has 0 amide bonds. The molecule has 0 spiro atoms. The van der Waals surface area contributed by atoms with Gasteiger partial charge in [-0.05, 0) is 47.5 Å². The zero-order valence-corrected chi connectivity index (χ0v) is 10.3. The van der Waals surface area contributed by atoms with Crippen molar-refractivity contribution in [2.45, 2.75) is 12.5 Å². The maximum Gasteiger partial charge on any atom is 0.112 e. The Morgan fingerprint density at radius 3 is 2.59 bits per heavy atom. The average molecular weight is 245 g/mol. The van der Waals surface area contributed by atoms with Gasteiger partial charge >= 0.3 is 0 Å². The van der Waals surface area contributed by atoms with Crippen LogP contribution in [0.4, 0.5) is 0 Å². The number of hydrogen-bond donors (Lipinski definition) is 1. The Bertz CT molecular complexity index is 607. The SMILES string of the molecule is C=C=CC(C)(O)c1ccc2cc(Cl)ccc2c1. The van der Waals surface area contributed by atoms with Crippen molar-refractivity contribution in [1.82, 2.24) is 0 Å². The summed E-state index contributed by atoms with van der Waals surface area (Å²) in [6, 6.07) is 11.5. The van der Waals surface area contributed by atoms with Gasteiger partial charge in [0.1, 0.15) is 5.60 Å². The molecule has 2 aromatic carbocycles. The number of benzene rings is 2. The molecule has 1 nitrogen and oxygen atoms in total. The van der Waals surface area contributed by atoms with Crippen LogP contribution in [0.25, 0.3) is 10.8 Å². The molecule has 0 aromatic heterocycles. The highest BCUT2D eigenvalue weighted by molar-refractivity contribution is 6.31. The van der Waals surface area contributed by atoms with Gasteiger partial charge in [0.05, 0.1) is 0 Å². The first-order valence-corrected chi connectivity index (χ1v) is 5.70. The van der Waals surface area contributed by atoms with Crippen molar-refractivity contribution < 1.29 is 5.11 Å². The monoisotopic (exact) mass is 244 g/mol. The van der Waals surface area contributed by atoms with Crippen LogP contribution in [0.2, 0.25) is 5.02 Å². The molecular weight excluding hydrogens is 232 g/mol. The van der Waals surface area contributed by atoms with Gasteiger partial charge in [-0.25, -0.2) is 0 Å². The molecule has 0 saturated heterocycles. The molecule has 2 rings (SSSR count). The predicted molar refractivity (Wildman–Crippen MR) is 72.2 cm³/mol. The largest absolute Gasteiger partial charge is 0.381 e. The molecule has 0 heterocycles. The van der Waals surface area contributed by atoms with Gasteiger partial charge in [0.2, 0.25) is 0 Å². The van der Waals surface area contributed by atoms with Crippen LogP contribution in [-0.2, 0) is 5.60 Å². The van der Waals surface area contributed by atoms with Crippen LogP contribution >= 0.6 is 11.6 Å². The van der Waals surface area contributed by atoms with Gasteiger partial charge in [0, 0.05) is 5.02 Å². The van der Waals surface area contributed by atoms with Crippen LogP contribution < -0.4 is 0 Å². The van der Waals surface area contributed by atoms with E-state index in [4.69, 9.17) is 11.6 Å². The fraction of sp³-hybridized carbons (Fsp3) is 0.133. The van der Waals surface area contributed by atoms with Gasteiger partial charge in [-0.3, -0.25) is 0 Å². The molecule has 17 heavy (non-hydrogen) atoms. The summed E-state index contributed by atoms with van der Waals surface area (Å²) in [7, 11) is 0. The second kappa shape index (κ2) is 4.38. The Morgan fingerprint density at radius 1 is 1.24 bits per heavy atom. The lowest BCUT2D eigenvalue weighted by atomic mass is 9.94. The maximum atomic E-state index is 10.2. The number of halogens is 1. The molecule has 0 bridgehead atoms. The lowest BCUT2D eigenvalue weighted by Crippen LogP contribution is -2.17. The highest BCUT2D eigenvalue weighted by Crippen LogP contribution is 2.27. The van der Waals surface area contributed by atoms with E-state index in [9.17, 15) is 5.11 Å². The summed E-state index contributed by atoms with van der Waals surface area (Å²) >= 11 is 5.92. The van der Waals surface area contributed by atoms with Gasteiger partial charge in [0.25, 0.3) is 0 Å². The Hall–Kier alpha value is -1.53. The highest BCUT2D eigenvalue weighted by Gasteiger charge is 2.19. The van der Waals surface area contributed by atoms with Crippen LogP contribution in [0.15, 0.2) is 54.8 Å². The first-order chi connectivity index (χ1) is 8.03. The molecular formula is C15H13ClO. The smallest absolute Gasteiger partial charge is 0.112 e. The van der Waals surface area contributed by atoms with E-state index in [2.05, 4.69) is 12.3 Å². The van der Waals surface area contributed by atoms with Crippen molar-refractivity contribution in [1.29, 1.82) is 0 Å². The topological polar surface area (TPSA) is 20.2 Å². The minimum Gasteiger partial charge on any atom is -0.381 e. The van der Waals surface area contributed by atoms with Crippen molar-refractivity contribution in [3.63, 3.8) is 0 Å². The number of hydrogen-bond acceptors (Lipinski definition) is 1. The van der Waals surface area contributed by atoms with Crippen LogP contribution in [0, 0.1) is 0 Å². The van der Waals surface area contributed by atoms with Crippen molar-refractivity contribution in [3.05, 3.63) is 65.4 Å². The van der Waals surface area contributed by atoms with E-state index >= 15 is 0 Å². The van der Waals surface area contributed by atoms with Crippen LogP contribution in [-0.4, -0.2) is 5.11 Å². The third kappa shape index (κ3) is 2.42. The minimum absolute atomic E-state index is 0.711. The summed E-state index contributed by atoms with van der Waals surface area (Å²) in [5, 5.41) is 13.0. The highest BCUT2D eigenvalue weighted by atomic mass is 35.5. The lowest BCUT2D eigenvalue weighted by molar-refractivity contribution is 0.111. The maximum absolute atomic E-state index is 10.2. The third-order valence-electron chi connectivity index (χ3n) is 2.77. The summed E-state index contributed by atoms with van der Waals surface area (Å²) in [5.41, 5.74) is 2.38. The molecule has 0 radical (unpaired) electrons. The molecule has 0 aliphatic carbocycles. The molecule has 1 N–H and O–H groups in total. The minimum atomic E-state index is -1.05. The summed E-state index contributed by atoms with van der Waals surface area (Å²) in [4.78, 5) is 0. The summed E-state index contributed by atoms with van der Waals surface area (Å²) in [6.45, 7) is 5.20. The zero-order valence-electron chi connectivity index (χ0n) is 9.57. The molecule has 1 atom stereocenters. The Kier molecular flexibility index (Phi) is 3.08. The van der Waals surface area contributed by atoms with Gasteiger partial charge in [-0.1, -0.05) is 36.4 Å². The number of fused-ring (bicyclic) bond motifs is 1. The molecule has 2 aromatic rings. The van der Waals surface area contributed by atoms with E-state index in [0.29, 0.717) is 5.02 Å². The molecule has 86 valence electrons. The molecule has 1 unspecified atom stereocenters. The van der Waals surface area contributed by atoms with E-state index in [1.807, 2.05) is 36.4 Å². The standard InChI is InChI=1S/C15H13ClO/c1-3-8-15(2,17)13-6-4-12-10-14(16)7-5-11(12)9-13/h4-10,17H,1H2,2H3. The summed E-state index contributed by atoms with van der Waals surface area (Å²) in [6.07, 6.45) is 1.55. The van der Waals surface area contributed by atoms with Gasteiger partial charge in [-0.15, -0.1) is 5.73 Å². The van der Waals surface area contributed by atoms with E-state index in [1.54, 1.807) is 13.0 Å². The first-order valence-electron chi connectivity index (χ1n) is 5.32. The molecule has 0 aliphatic rings. The van der Waals surface area contributed by atoms with Crippen LogP contribution in [0.3, 0.4) is 0 Å². The Morgan fingerprint density at radius 2 is 1.88 bits per heavy atom. The lowest BCUT2D eigenvalue weighted by Gasteiger charge is -2.19. The van der Waals surface area contributed by atoms with Crippen molar-refractivity contribution in [2.75, 3.05) is 0 Å². The average Bonchev–Trinajstić information content (AvgIpc) is 2.28. The zero-order chi connectivity index (χ0) is 12.5. The third-order valence-corrected chi connectivity index (χ3v) is 3.00. The van der Waals surface area contributed by atoms with Gasteiger partial charge in [-0.2, -0.15) is 0 Å². The van der Waals surface area contributed by atoms with Gasteiger partial charge < -0.3 is 5.11 Å². The van der Waals surface area contributed by atoms with E-state index in [0.717, 1.165) is 16.3 Å². The van der Waals surface area contributed by atoms with Crippen LogP contribution in [0.1, 0.15) is 12.5 Å². The van der Waals surface area contributed by atoms with Gasteiger partial charge in [0.15, 0.2) is 0 Å². The first kappa shape index (κ1) is 11.9. The van der Waals surface area contributed by atoms with Crippen molar-refractivity contribution >= 4 is 22.4 Å². The molecule has 0 fully saturated rings. The number of aliphatic hydroxyl groups is 1. The molecule has 0 saturated carbocycles. The Balaban J connectivity index is 2.59. The molecule has 0 aliphatic heterocycles. The van der Waals surface area contributed by atoms with E-state index in [1.165, 1.54) is 0 Å². The van der Waals surface area contributed by atoms with Crippen molar-refractivity contribution in [2.24, 2.45) is 0 Å². The quantitative estimate of drug-likeness (QED) is 0.791. The van der Waals surface area contributed by atoms with E-state index in [-0.39, 0.29) is 0 Å². The molecule has 2 heteroatoms. The fourth-order valence-corrected chi connectivity index (χ4v) is 1.99. The van der Waals surface area contributed by atoms with Crippen molar-refractivity contribution in [3.8, 4) is 0 Å². The summed E-state index contributed by atoms with van der Waals surface area (Å²) in [5.74, 6) is 0. The second-order valence-electron chi connectivity index (χ2n) is 4.20. The fourth-order valence-electron chi connectivity index (χ4n) is 1.81. The van der Waals surface area contributed by atoms with Crippen LogP contribution in [0.5, 0.6) is 0 Å².